The fourth-order valence-corrected chi connectivity index (χ4v) is 0.491. The van der Waals surface area contributed by atoms with Crippen LogP contribution in [0.15, 0.2) is 0 Å². The fourth-order valence-electron chi connectivity index (χ4n) is 0.491. The molecular formula is C6H15ClN2O. The molecule has 0 aromatic rings. The largest absolute Gasteiger partial charge is 0.355 e. The molecule has 1 atom stereocenters. The molecule has 0 saturated heterocycles. The second kappa shape index (κ2) is 6.83. The van der Waals surface area contributed by atoms with Crippen molar-refractivity contribution in [1.29, 1.82) is 0 Å². The van der Waals surface area contributed by atoms with Crippen LogP contribution in [0.1, 0.15) is 20.3 Å². The highest BCUT2D eigenvalue weighted by Gasteiger charge is 2.07. The quantitative estimate of drug-likeness (QED) is 0.633. The summed E-state index contributed by atoms with van der Waals surface area (Å²) in [6.07, 6.45) is 0.700. The maximum atomic E-state index is 10.7. The molecule has 0 spiro atoms. The van der Waals surface area contributed by atoms with Crippen LogP contribution in [0.2, 0.25) is 0 Å². The van der Waals surface area contributed by atoms with E-state index in [-0.39, 0.29) is 24.4 Å². The first-order valence-electron chi connectivity index (χ1n) is 3.25. The highest BCUT2D eigenvalue weighted by Crippen LogP contribution is 1.83. The van der Waals surface area contributed by atoms with Crippen LogP contribution in [0.25, 0.3) is 0 Å². The average molecular weight is 167 g/mol. The molecule has 3 N–H and O–H groups in total. The van der Waals surface area contributed by atoms with Gasteiger partial charge in [0.1, 0.15) is 0 Å². The number of nitrogens with one attached hydrogen (secondary N) is 1. The van der Waals surface area contributed by atoms with Crippen LogP contribution in [0.4, 0.5) is 0 Å². The average Bonchev–Trinajstić information content (AvgIpc) is 1.87. The summed E-state index contributed by atoms with van der Waals surface area (Å²) in [6.45, 7) is 4.42. The Labute approximate surface area is 67.8 Å². The third-order valence-electron chi connectivity index (χ3n) is 1.13. The summed E-state index contributed by atoms with van der Waals surface area (Å²) in [7, 11) is 0. The molecule has 1 unspecified atom stereocenters. The van der Waals surface area contributed by atoms with E-state index < -0.39 is 0 Å². The van der Waals surface area contributed by atoms with Crippen molar-refractivity contribution in [3.05, 3.63) is 0 Å². The normalized spacial score (nSPS) is 11.5. The van der Waals surface area contributed by atoms with Gasteiger partial charge < -0.3 is 11.1 Å². The number of carbonyl (C=O) groups excluding carboxylic acids is 1. The minimum absolute atomic E-state index is 0. The highest BCUT2D eigenvalue weighted by atomic mass is 35.5. The van der Waals surface area contributed by atoms with Crippen molar-refractivity contribution >= 4 is 18.3 Å². The lowest BCUT2D eigenvalue weighted by atomic mass is 10.2. The predicted molar refractivity (Wildman–Crippen MR) is 44.2 cm³/mol. The molecule has 0 bridgehead atoms. The molecule has 0 saturated carbocycles. The minimum atomic E-state index is -0.329. The van der Waals surface area contributed by atoms with Crippen LogP contribution in [0.3, 0.4) is 0 Å². The van der Waals surface area contributed by atoms with Gasteiger partial charge in [0.15, 0.2) is 0 Å². The van der Waals surface area contributed by atoms with E-state index in [4.69, 9.17) is 5.73 Å². The summed E-state index contributed by atoms with van der Waals surface area (Å²) >= 11 is 0. The van der Waals surface area contributed by atoms with Crippen molar-refractivity contribution < 1.29 is 4.79 Å². The first-order chi connectivity index (χ1) is 4.22. The van der Waals surface area contributed by atoms with Crippen molar-refractivity contribution in [1.82, 2.24) is 5.32 Å². The summed E-state index contributed by atoms with van der Waals surface area (Å²) < 4.78 is 0. The third-order valence-corrected chi connectivity index (χ3v) is 1.13. The minimum Gasteiger partial charge on any atom is -0.355 e. The summed E-state index contributed by atoms with van der Waals surface area (Å²) in [6, 6.07) is -0.329. The summed E-state index contributed by atoms with van der Waals surface area (Å²) in [5.74, 6) is -0.0556. The molecule has 10 heavy (non-hydrogen) atoms. The van der Waals surface area contributed by atoms with Crippen molar-refractivity contribution in [3.8, 4) is 0 Å². The summed E-state index contributed by atoms with van der Waals surface area (Å²) in [5, 5.41) is 2.63. The lowest BCUT2D eigenvalue weighted by molar-refractivity contribution is -0.122. The van der Waals surface area contributed by atoms with Gasteiger partial charge in [0.2, 0.25) is 5.91 Å². The second-order valence-corrected chi connectivity index (χ2v) is 1.91. The van der Waals surface area contributed by atoms with Gasteiger partial charge >= 0.3 is 0 Å². The Bertz CT molecular complexity index is 97.7. The van der Waals surface area contributed by atoms with Gasteiger partial charge in [-0.2, -0.15) is 0 Å². The summed E-state index contributed by atoms with van der Waals surface area (Å²) in [4.78, 5) is 10.7. The topological polar surface area (TPSA) is 55.1 Å². The Morgan fingerprint density at radius 1 is 1.60 bits per heavy atom. The Balaban J connectivity index is 0. The van der Waals surface area contributed by atoms with Gasteiger partial charge in [0.05, 0.1) is 6.04 Å². The molecule has 62 valence electrons. The number of hydrogen-bond donors (Lipinski definition) is 2. The van der Waals surface area contributed by atoms with E-state index in [1.807, 2.05) is 13.8 Å². The number of rotatable bonds is 3. The molecule has 1 amide bonds. The van der Waals surface area contributed by atoms with E-state index in [9.17, 15) is 4.79 Å². The van der Waals surface area contributed by atoms with Crippen LogP contribution in [-0.4, -0.2) is 18.5 Å². The van der Waals surface area contributed by atoms with E-state index in [0.717, 1.165) is 0 Å². The molecule has 3 nitrogen and oxygen atoms in total. The zero-order valence-corrected chi connectivity index (χ0v) is 7.20. The summed E-state index contributed by atoms with van der Waals surface area (Å²) in [5.41, 5.74) is 5.39. The van der Waals surface area contributed by atoms with Crippen molar-refractivity contribution in [3.63, 3.8) is 0 Å². The molecule has 0 radical (unpaired) electrons. The molecule has 0 aliphatic rings. The first kappa shape index (κ1) is 12.4. The second-order valence-electron chi connectivity index (χ2n) is 1.91. The smallest absolute Gasteiger partial charge is 0.236 e. The number of carbonyl (C=O) groups is 1. The molecule has 0 aliphatic carbocycles. The van der Waals surface area contributed by atoms with E-state index in [1.165, 1.54) is 0 Å². The van der Waals surface area contributed by atoms with Crippen molar-refractivity contribution in [2.75, 3.05) is 6.54 Å². The zero-order chi connectivity index (χ0) is 7.28. The van der Waals surface area contributed by atoms with Crippen LogP contribution in [-0.2, 0) is 4.79 Å². The monoisotopic (exact) mass is 166 g/mol. The number of likely N-dealkylation sites (N-methyl/N-ethyl adjacent to an activating group) is 1. The van der Waals surface area contributed by atoms with Gasteiger partial charge in [0, 0.05) is 6.54 Å². The van der Waals surface area contributed by atoms with Crippen LogP contribution >= 0.6 is 12.4 Å². The standard InChI is InChI=1S/C6H14N2O.ClH/c1-3-5(7)6(9)8-4-2;/h5H,3-4,7H2,1-2H3,(H,8,9);1H. The number of nitrogens with two attached hydrogens (primary N) is 1. The number of amides is 1. The first-order valence-corrected chi connectivity index (χ1v) is 3.25. The van der Waals surface area contributed by atoms with Gasteiger partial charge in [-0.15, -0.1) is 12.4 Å². The van der Waals surface area contributed by atoms with E-state index in [2.05, 4.69) is 5.32 Å². The van der Waals surface area contributed by atoms with Crippen molar-refractivity contribution in [2.45, 2.75) is 26.3 Å². The molecule has 0 aromatic heterocycles. The van der Waals surface area contributed by atoms with Gasteiger partial charge in [-0.1, -0.05) is 6.92 Å². The number of halogens is 1. The maximum absolute atomic E-state index is 10.7. The molecule has 0 rings (SSSR count). The van der Waals surface area contributed by atoms with Gasteiger partial charge in [-0.3, -0.25) is 4.79 Å². The van der Waals surface area contributed by atoms with Crippen LogP contribution in [0.5, 0.6) is 0 Å². The molecule has 0 aliphatic heterocycles. The lowest BCUT2D eigenvalue weighted by Gasteiger charge is -2.06. The molecule has 0 heterocycles. The molecular weight excluding hydrogens is 152 g/mol. The van der Waals surface area contributed by atoms with Gasteiger partial charge in [-0.05, 0) is 13.3 Å². The SMILES string of the molecule is CCNC(=O)C(N)CC.Cl. The Kier molecular flexibility index (Phi) is 8.48. The Morgan fingerprint density at radius 3 is 2.40 bits per heavy atom. The molecule has 0 fully saturated rings. The van der Waals surface area contributed by atoms with E-state index >= 15 is 0 Å². The lowest BCUT2D eigenvalue weighted by Crippen LogP contribution is -2.39. The van der Waals surface area contributed by atoms with Crippen molar-refractivity contribution in [2.24, 2.45) is 5.73 Å². The van der Waals surface area contributed by atoms with Gasteiger partial charge in [-0.25, -0.2) is 0 Å². The van der Waals surface area contributed by atoms with E-state index in [1.54, 1.807) is 0 Å². The molecule has 4 heteroatoms. The van der Waals surface area contributed by atoms with Gasteiger partial charge in [0.25, 0.3) is 0 Å². The van der Waals surface area contributed by atoms with Crippen LogP contribution in [0, 0.1) is 0 Å². The predicted octanol–water partition coefficient (Wildman–Crippen LogP) is 0.282. The van der Waals surface area contributed by atoms with Crippen LogP contribution < -0.4 is 11.1 Å². The maximum Gasteiger partial charge on any atom is 0.236 e. The highest BCUT2D eigenvalue weighted by molar-refractivity contribution is 5.85. The van der Waals surface area contributed by atoms with E-state index in [0.29, 0.717) is 13.0 Å². The Hall–Kier alpha value is -0.280. The number of hydrogen-bond acceptors (Lipinski definition) is 2. The molecule has 0 aromatic carbocycles. The zero-order valence-electron chi connectivity index (χ0n) is 6.39. The fraction of sp³-hybridized carbons (Fsp3) is 0.833. The Morgan fingerprint density at radius 2 is 2.10 bits per heavy atom. The third kappa shape index (κ3) is 4.58.